The molecule has 0 saturated carbocycles. The molecule has 2 nitrogen and oxygen atoms in total. The first-order valence-electron chi connectivity index (χ1n) is 6.67. The van der Waals surface area contributed by atoms with Gasteiger partial charge in [0.2, 0.25) is 0 Å². The van der Waals surface area contributed by atoms with Gasteiger partial charge in [-0.15, -0.1) is 11.8 Å². The average Bonchev–Trinajstić information content (AvgIpc) is 2.80. The number of methoxy groups -OCH3 is 1. The predicted molar refractivity (Wildman–Crippen MR) is 84.5 cm³/mol. The Bertz CT molecular complexity index is 819. The second-order valence-electron chi connectivity index (χ2n) is 5.07. The molecule has 3 heteroatoms. The molecule has 0 amide bonds. The molecule has 0 N–H and O–H groups in total. The molecule has 0 saturated heterocycles. The SMILES string of the molecule is COc1ccc2c(c1)c1c(n2C)-c2ccccc2CS1. The van der Waals surface area contributed by atoms with Crippen molar-refractivity contribution in [2.45, 2.75) is 10.6 Å². The van der Waals surface area contributed by atoms with E-state index in [0.29, 0.717) is 0 Å². The average molecular weight is 281 g/mol. The van der Waals surface area contributed by atoms with Gasteiger partial charge in [0.15, 0.2) is 0 Å². The van der Waals surface area contributed by atoms with Gasteiger partial charge in [-0.3, -0.25) is 0 Å². The van der Waals surface area contributed by atoms with E-state index < -0.39 is 0 Å². The zero-order valence-electron chi connectivity index (χ0n) is 11.5. The van der Waals surface area contributed by atoms with Gasteiger partial charge in [0, 0.05) is 34.2 Å². The summed E-state index contributed by atoms with van der Waals surface area (Å²) in [6.45, 7) is 0. The minimum atomic E-state index is 0.922. The van der Waals surface area contributed by atoms with Crippen LogP contribution in [0.25, 0.3) is 22.2 Å². The molecular formula is C17H15NOS. The lowest BCUT2D eigenvalue weighted by molar-refractivity contribution is 0.415. The Morgan fingerprint density at radius 1 is 1.15 bits per heavy atom. The molecule has 1 aliphatic rings. The van der Waals surface area contributed by atoms with E-state index >= 15 is 0 Å². The molecule has 0 fully saturated rings. The van der Waals surface area contributed by atoms with Gasteiger partial charge in [-0.25, -0.2) is 0 Å². The first kappa shape index (κ1) is 11.9. The number of aryl methyl sites for hydroxylation is 1. The van der Waals surface area contributed by atoms with E-state index in [4.69, 9.17) is 4.74 Å². The fraction of sp³-hybridized carbons (Fsp3) is 0.176. The van der Waals surface area contributed by atoms with Crippen molar-refractivity contribution < 1.29 is 4.74 Å². The zero-order valence-corrected chi connectivity index (χ0v) is 12.3. The second-order valence-corrected chi connectivity index (χ2v) is 6.05. The van der Waals surface area contributed by atoms with E-state index in [1.165, 1.54) is 32.6 Å². The monoisotopic (exact) mass is 281 g/mol. The third-order valence-electron chi connectivity index (χ3n) is 4.00. The molecule has 0 bridgehead atoms. The maximum absolute atomic E-state index is 5.37. The van der Waals surface area contributed by atoms with Crippen LogP contribution in [0.5, 0.6) is 5.75 Å². The number of hydrogen-bond acceptors (Lipinski definition) is 2. The molecule has 100 valence electrons. The molecule has 2 aromatic carbocycles. The summed E-state index contributed by atoms with van der Waals surface area (Å²) in [7, 11) is 3.87. The molecule has 3 aromatic rings. The number of thioether (sulfide) groups is 1. The van der Waals surface area contributed by atoms with Crippen LogP contribution >= 0.6 is 11.8 Å². The van der Waals surface area contributed by atoms with Crippen molar-refractivity contribution in [2.24, 2.45) is 7.05 Å². The fourth-order valence-corrected chi connectivity index (χ4v) is 4.25. The highest BCUT2D eigenvalue weighted by Crippen LogP contribution is 2.47. The lowest BCUT2D eigenvalue weighted by Crippen LogP contribution is -1.99. The number of aromatic nitrogens is 1. The van der Waals surface area contributed by atoms with Gasteiger partial charge in [-0.2, -0.15) is 0 Å². The molecule has 0 spiro atoms. The van der Waals surface area contributed by atoms with Crippen LogP contribution in [0.3, 0.4) is 0 Å². The Kier molecular flexibility index (Phi) is 2.57. The molecular weight excluding hydrogens is 266 g/mol. The second kappa shape index (κ2) is 4.32. The normalized spacial score (nSPS) is 13.1. The summed E-state index contributed by atoms with van der Waals surface area (Å²) in [5.74, 6) is 1.96. The summed E-state index contributed by atoms with van der Waals surface area (Å²) in [5, 5.41) is 1.29. The van der Waals surface area contributed by atoms with Crippen LogP contribution in [-0.4, -0.2) is 11.7 Å². The number of hydrogen-bond donors (Lipinski definition) is 0. The van der Waals surface area contributed by atoms with E-state index in [0.717, 1.165) is 11.5 Å². The maximum Gasteiger partial charge on any atom is 0.119 e. The summed E-state index contributed by atoms with van der Waals surface area (Å²) in [6, 6.07) is 15.0. The minimum absolute atomic E-state index is 0.922. The number of ether oxygens (including phenoxy) is 1. The van der Waals surface area contributed by atoms with Crippen LogP contribution in [0.15, 0.2) is 47.4 Å². The first-order chi connectivity index (χ1) is 9.79. The van der Waals surface area contributed by atoms with Crippen LogP contribution in [0.2, 0.25) is 0 Å². The van der Waals surface area contributed by atoms with Gasteiger partial charge in [0.05, 0.1) is 12.8 Å². The summed E-state index contributed by atoms with van der Waals surface area (Å²) in [6.07, 6.45) is 0. The Morgan fingerprint density at radius 3 is 2.85 bits per heavy atom. The molecule has 0 atom stereocenters. The van der Waals surface area contributed by atoms with E-state index in [1.54, 1.807) is 7.11 Å². The highest BCUT2D eigenvalue weighted by molar-refractivity contribution is 7.99. The topological polar surface area (TPSA) is 14.2 Å². The lowest BCUT2D eigenvalue weighted by Gasteiger charge is -2.17. The molecule has 0 radical (unpaired) electrons. The Balaban J connectivity index is 2.09. The van der Waals surface area contributed by atoms with Crippen molar-refractivity contribution in [1.82, 2.24) is 4.57 Å². The van der Waals surface area contributed by atoms with Gasteiger partial charge in [0.25, 0.3) is 0 Å². The van der Waals surface area contributed by atoms with E-state index in [9.17, 15) is 0 Å². The smallest absolute Gasteiger partial charge is 0.119 e. The van der Waals surface area contributed by atoms with E-state index in [-0.39, 0.29) is 0 Å². The van der Waals surface area contributed by atoms with Gasteiger partial charge in [-0.05, 0) is 23.8 Å². The van der Waals surface area contributed by atoms with Gasteiger partial charge < -0.3 is 9.30 Å². The zero-order chi connectivity index (χ0) is 13.7. The van der Waals surface area contributed by atoms with Crippen LogP contribution in [0.1, 0.15) is 5.56 Å². The van der Waals surface area contributed by atoms with E-state index in [1.807, 2.05) is 17.8 Å². The number of nitrogens with zero attached hydrogens (tertiary/aromatic N) is 1. The Morgan fingerprint density at radius 2 is 2.00 bits per heavy atom. The van der Waals surface area contributed by atoms with Crippen LogP contribution < -0.4 is 4.74 Å². The number of rotatable bonds is 1. The molecule has 2 heterocycles. The Hall–Kier alpha value is -1.87. The number of benzene rings is 2. The predicted octanol–water partition coefficient (Wildman–Crippen LogP) is 4.46. The maximum atomic E-state index is 5.37. The van der Waals surface area contributed by atoms with Crippen molar-refractivity contribution in [1.29, 1.82) is 0 Å². The Labute approximate surface area is 122 Å². The van der Waals surface area contributed by atoms with Crippen molar-refractivity contribution in [3.8, 4) is 17.0 Å². The van der Waals surface area contributed by atoms with Crippen molar-refractivity contribution in [2.75, 3.05) is 7.11 Å². The van der Waals surface area contributed by atoms with Crippen molar-refractivity contribution in [3.63, 3.8) is 0 Å². The van der Waals surface area contributed by atoms with Crippen LogP contribution in [-0.2, 0) is 12.8 Å². The highest BCUT2D eigenvalue weighted by Gasteiger charge is 2.23. The highest BCUT2D eigenvalue weighted by atomic mass is 32.2. The molecule has 1 aromatic heterocycles. The third-order valence-corrected chi connectivity index (χ3v) is 5.16. The van der Waals surface area contributed by atoms with Gasteiger partial charge in [0.1, 0.15) is 5.75 Å². The molecule has 20 heavy (non-hydrogen) atoms. The summed E-state index contributed by atoms with van der Waals surface area (Å²) < 4.78 is 7.67. The third kappa shape index (κ3) is 1.53. The van der Waals surface area contributed by atoms with Crippen LogP contribution in [0.4, 0.5) is 0 Å². The molecule has 4 rings (SSSR count). The van der Waals surface area contributed by atoms with E-state index in [2.05, 4.69) is 48.0 Å². The lowest BCUT2D eigenvalue weighted by atomic mass is 10.1. The molecule has 0 aliphatic carbocycles. The summed E-state index contributed by atoms with van der Waals surface area (Å²) in [4.78, 5) is 1.38. The van der Waals surface area contributed by atoms with Crippen molar-refractivity contribution >= 4 is 22.7 Å². The molecule has 0 unspecified atom stereocenters. The van der Waals surface area contributed by atoms with Gasteiger partial charge >= 0.3 is 0 Å². The van der Waals surface area contributed by atoms with Gasteiger partial charge in [-0.1, -0.05) is 24.3 Å². The minimum Gasteiger partial charge on any atom is -0.497 e. The summed E-state index contributed by atoms with van der Waals surface area (Å²) >= 11 is 1.92. The standard InChI is InChI=1S/C17H15NOS/c1-18-15-8-7-12(19-2)9-14(15)17-16(18)13-6-4-3-5-11(13)10-20-17/h3-9H,10H2,1-2H3. The van der Waals surface area contributed by atoms with Crippen molar-refractivity contribution in [3.05, 3.63) is 48.0 Å². The quantitative estimate of drug-likeness (QED) is 0.654. The van der Waals surface area contributed by atoms with Crippen LogP contribution in [0, 0.1) is 0 Å². The number of fused-ring (bicyclic) bond motifs is 5. The first-order valence-corrected chi connectivity index (χ1v) is 7.65. The fourth-order valence-electron chi connectivity index (χ4n) is 2.99. The molecule has 1 aliphatic heterocycles. The summed E-state index contributed by atoms with van der Waals surface area (Å²) in [5.41, 5.74) is 5.38. The largest absolute Gasteiger partial charge is 0.497 e.